The van der Waals surface area contributed by atoms with Crippen LogP contribution in [0.4, 0.5) is 8.78 Å². The molecule has 0 bridgehead atoms. The summed E-state index contributed by atoms with van der Waals surface area (Å²) in [6, 6.07) is 27.4. The molecule has 0 aliphatic heterocycles. The van der Waals surface area contributed by atoms with E-state index >= 15 is 4.39 Å². The molecular formula is C36H23ClF2N2O4S. The maximum atomic E-state index is 15.1. The zero-order valence-corrected chi connectivity index (χ0v) is 26.0. The van der Waals surface area contributed by atoms with Gasteiger partial charge in [0, 0.05) is 32.7 Å². The van der Waals surface area contributed by atoms with Crippen LogP contribution >= 0.6 is 11.6 Å². The Kier molecular flexibility index (Phi) is 7.94. The third-order valence-electron chi connectivity index (χ3n) is 7.68. The highest BCUT2D eigenvalue weighted by atomic mass is 35.5. The van der Waals surface area contributed by atoms with Gasteiger partial charge in [0.2, 0.25) is 0 Å². The van der Waals surface area contributed by atoms with Crippen LogP contribution in [0.1, 0.15) is 21.5 Å². The molecule has 1 aromatic heterocycles. The van der Waals surface area contributed by atoms with Gasteiger partial charge >= 0.3 is 5.97 Å². The first-order valence-corrected chi connectivity index (χ1v) is 15.7. The summed E-state index contributed by atoms with van der Waals surface area (Å²) in [5.74, 6) is -2.02. The Hall–Kier alpha value is -5.30. The van der Waals surface area contributed by atoms with Crippen molar-refractivity contribution >= 4 is 38.5 Å². The third kappa shape index (κ3) is 5.21. The van der Waals surface area contributed by atoms with Gasteiger partial charge in [-0.3, -0.25) is 0 Å². The molecule has 0 amide bonds. The SMILES string of the molecule is COC(=O)c1ccc(-c2cccc(-c3c(-c4cccc(F)c4C#N)c4cc(F)ccc4n3S(=O)(=O)c3ccc(C)cc3)c2)c(Cl)c1. The van der Waals surface area contributed by atoms with Crippen LogP contribution in [-0.2, 0) is 14.8 Å². The fraction of sp³-hybridized carbons (Fsp3) is 0.0556. The van der Waals surface area contributed by atoms with Crippen LogP contribution in [0.2, 0.25) is 5.02 Å². The highest BCUT2D eigenvalue weighted by Crippen LogP contribution is 2.45. The lowest BCUT2D eigenvalue weighted by molar-refractivity contribution is 0.0600. The summed E-state index contributed by atoms with van der Waals surface area (Å²) in [5, 5.41) is 10.4. The Labute approximate surface area is 268 Å². The zero-order valence-electron chi connectivity index (χ0n) is 24.4. The van der Waals surface area contributed by atoms with E-state index < -0.39 is 27.6 Å². The lowest BCUT2D eigenvalue weighted by atomic mass is 9.93. The van der Waals surface area contributed by atoms with Crippen molar-refractivity contribution in [1.29, 1.82) is 5.26 Å². The standard InChI is InChI=1S/C36H23ClF2N2O4S/c1-21-9-13-26(14-10-21)46(43,44)41-33-16-12-25(38)19-29(33)34(28-7-4-8-32(39)30(28)20-40)35(41)23-6-3-5-22(17-23)27-15-11-24(18-31(27)37)36(42)45-2/h3-19H,1-2H3. The van der Waals surface area contributed by atoms with Gasteiger partial charge in [-0.2, -0.15) is 5.26 Å². The van der Waals surface area contributed by atoms with E-state index in [1.807, 2.05) is 13.0 Å². The van der Waals surface area contributed by atoms with Crippen LogP contribution in [-0.4, -0.2) is 25.5 Å². The van der Waals surface area contributed by atoms with Crippen LogP contribution in [0, 0.1) is 29.9 Å². The second kappa shape index (κ2) is 11.9. The number of carbonyl (C=O) groups is 1. The van der Waals surface area contributed by atoms with Gasteiger partial charge in [0.1, 0.15) is 17.7 Å². The molecule has 6 nitrogen and oxygen atoms in total. The van der Waals surface area contributed by atoms with Gasteiger partial charge in [0.05, 0.1) is 34.3 Å². The minimum absolute atomic E-state index is 0.0236. The average Bonchev–Trinajstić information content (AvgIpc) is 3.39. The van der Waals surface area contributed by atoms with Gasteiger partial charge < -0.3 is 4.74 Å². The first-order valence-electron chi connectivity index (χ1n) is 13.9. The molecule has 0 fully saturated rings. The summed E-state index contributed by atoms with van der Waals surface area (Å²) in [5.41, 5.74) is 2.72. The Balaban J connectivity index is 1.73. The monoisotopic (exact) mass is 652 g/mol. The smallest absolute Gasteiger partial charge is 0.337 e. The number of esters is 1. The molecule has 5 aromatic carbocycles. The number of benzene rings is 5. The largest absolute Gasteiger partial charge is 0.465 e. The fourth-order valence-corrected chi connectivity index (χ4v) is 7.34. The van der Waals surface area contributed by atoms with Crippen molar-refractivity contribution in [2.45, 2.75) is 11.8 Å². The summed E-state index contributed by atoms with van der Waals surface area (Å²) in [6.07, 6.45) is 0. The number of carbonyl (C=O) groups excluding carboxylic acids is 1. The highest BCUT2D eigenvalue weighted by Gasteiger charge is 2.30. The molecule has 0 aliphatic carbocycles. The van der Waals surface area contributed by atoms with E-state index in [9.17, 15) is 22.9 Å². The number of aromatic nitrogens is 1. The molecule has 0 saturated carbocycles. The van der Waals surface area contributed by atoms with E-state index in [0.717, 1.165) is 21.7 Å². The van der Waals surface area contributed by atoms with Crippen LogP contribution in [0.5, 0.6) is 0 Å². The molecule has 6 rings (SSSR count). The number of hydrogen-bond donors (Lipinski definition) is 0. The van der Waals surface area contributed by atoms with Crippen molar-refractivity contribution in [1.82, 2.24) is 3.97 Å². The highest BCUT2D eigenvalue weighted by molar-refractivity contribution is 7.90. The second-order valence-corrected chi connectivity index (χ2v) is 12.7. The molecule has 0 saturated heterocycles. The van der Waals surface area contributed by atoms with Crippen molar-refractivity contribution < 1.29 is 26.7 Å². The molecule has 1 heterocycles. The van der Waals surface area contributed by atoms with Crippen LogP contribution in [0.15, 0.2) is 108 Å². The van der Waals surface area contributed by atoms with Gasteiger partial charge in [-0.25, -0.2) is 26.0 Å². The first kappa shape index (κ1) is 30.7. The topological polar surface area (TPSA) is 89.2 Å². The molecule has 0 N–H and O–H groups in total. The van der Waals surface area contributed by atoms with Crippen molar-refractivity contribution in [3.05, 3.63) is 136 Å². The van der Waals surface area contributed by atoms with E-state index in [0.29, 0.717) is 16.7 Å². The van der Waals surface area contributed by atoms with E-state index in [1.165, 1.54) is 49.6 Å². The normalized spacial score (nSPS) is 11.4. The van der Waals surface area contributed by atoms with Gasteiger partial charge in [-0.1, -0.05) is 65.7 Å². The number of aryl methyl sites for hydroxylation is 1. The molecule has 228 valence electrons. The van der Waals surface area contributed by atoms with E-state index in [-0.39, 0.29) is 48.8 Å². The molecule has 0 radical (unpaired) electrons. The Morgan fingerprint density at radius 2 is 1.59 bits per heavy atom. The number of fused-ring (bicyclic) bond motifs is 1. The number of ether oxygens (including phenoxy) is 1. The number of halogens is 3. The van der Waals surface area contributed by atoms with Gasteiger partial charge in [0.25, 0.3) is 10.0 Å². The number of hydrogen-bond acceptors (Lipinski definition) is 5. The Morgan fingerprint density at radius 3 is 2.28 bits per heavy atom. The number of nitriles is 1. The Bertz CT molecular complexity index is 2340. The zero-order chi connectivity index (χ0) is 32.7. The molecule has 0 aliphatic rings. The predicted octanol–water partition coefficient (Wildman–Crippen LogP) is 8.78. The first-order chi connectivity index (χ1) is 22.0. The van der Waals surface area contributed by atoms with E-state index in [2.05, 4.69) is 0 Å². The van der Waals surface area contributed by atoms with Crippen molar-refractivity contribution in [2.24, 2.45) is 0 Å². The van der Waals surface area contributed by atoms with E-state index in [1.54, 1.807) is 48.5 Å². The quantitative estimate of drug-likeness (QED) is 0.168. The summed E-state index contributed by atoms with van der Waals surface area (Å²) >= 11 is 6.60. The van der Waals surface area contributed by atoms with Crippen LogP contribution in [0.25, 0.3) is 44.4 Å². The Morgan fingerprint density at radius 1 is 0.870 bits per heavy atom. The molecular weight excluding hydrogens is 630 g/mol. The molecule has 10 heteroatoms. The summed E-state index contributed by atoms with van der Waals surface area (Å²) < 4.78 is 64.9. The molecule has 0 atom stereocenters. The maximum absolute atomic E-state index is 15.1. The minimum Gasteiger partial charge on any atom is -0.465 e. The van der Waals surface area contributed by atoms with Gasteiger partial charge in [-0.05, 0) is 67.1 Å². The minimum atomic E-state index is -4.35. The van der Waals surface area contributed by atoms with Gasteiger partial charge in [0.15, 0.2) is 0 Å². The van der Waals surface area contributed by atoms with E-state index in [4.69, 9.17) is 16.3 Å². The second-order valence-electron chi connectivity index (χ2n) is 10.5. The molecule has 0 unspecified atom stereocenters. The number of nitrogens with zero attached hydrogens (tertiary/aromatic N) is 2. The van der Waals surface area contributed by atoms with Crippen LogP contribution in [0.3, 0.4) is 0 Å². The number of methoxy groups -OCH3 is 1. The maximum Gasteiger partial charge on any atom is 0.337 e. The number of rotatable bonds is 6. The summed E-state index contributed by atoms with van der Waals surface area (Å²) in [7, 11) is -3.09. The predicted molar refractivity (Wildman–Crippen MR) is 173 cm³/mol. The molecule has 6 aromatic rings. The van der Waals surface area contributed by atoms with Gasteiger partial charge in [-0.15, -0.1) is 0 Å². The van der Waals surface area contributed by atoms with Crippen molar-refractivity contribution in [3.63, 3.8) is 0 Å². The molecule has 46 heavy (non-hydrogen) atoms. The van der Waals surface area contributed by atoms with Crippen LogP contribution < -0.4 is 0 Å². The summed E-state index contributed by atoms with van der Waals surface area (Å²) in [4.78, 5) is 12.0. The lowest BCUT2D eigenvalue weighted by Gasteiger charge is -2.16. The third-order valence-corrected chi connectivity index (χ3v) is 9.72. The lowest BCUT2D eigenvalue weighted by Crippen LogP contribution is -2.14. The molecule has 0 spiro atoms. The fourth-order valence-electron chi connectivity index (χ4n) is 5.51. The summed E-state index contributed by atoms with van der Waals surface area (Å²) in [6.45, 7) is 1.83. The van der Waals surface area contributed by atoms with Crippen molar-refractivity contribution in [3.8, 4) is 39.6 Å². The average molecular weight is 653 g/mol. The van der Waals surface area contributed by atoms with Crippen molar-refractivity contribution in [2.75, 3.05) is 7.11 Å².